The van der Waals surface area contributed by atoms with E-state index in [9.17, 15) is 4.79 Å². The molecule has 17 heavy (non-hydrogen) atoms. The van der Waals surface area contributed by atoms with Crippen LogP contribution >= 0.6 is 0 Å². The minimum absolute atomic E-state index is 0.357. The highest BCUT2D eigenvalue weighted by Gasteiger charge is 2.44. The van der Waals surface area contributed by atoms with Crippen molar-refractivity contribution in [2.24, 2.45) is 11.3 Å². The molecule has 1 unspecified atom stereocenters. The standard InChI is InChI=1S/C14H19NO2/c1-14(2)7-12(14)9-15-8-10-4-3-5-11(6-10)13(16)17/h3-6,12,15H,7-9H2,1-2H3,(H,16,17). The fourth-order valence-electron chi connectivity index (χ4n) is 2.13. The Morgan fingerprint density at radius 1 is 1.53 bits per heavy atom. The number of aromatic carboxylic acids is 1. The first-order chi connectivity index (χ1) is 7.99. The van der Waals surface area contributed by atoms with Crippen LogP contribution in [0.3, 0.4) is 0 Å². The highest BCUT2D eigenvalue weighted by molar-refractivity contribution is 5.87. The molecule has 2 rings (SSSR count). The minimum Gasteiger partial charge on any atom is -0.478 e. The van der Waals surface area contributed by atoms with Crippen molar-refractivity contribution >= 4 is 5.97 Å². The summed E-state index contributed by atoms with van der Waals surface area (Å²) in [5, 5.41) is 12.3. The molecular formula is C14H19NO2. The second kappa shape index (κ2) is 4.49. The molecule has 92 valence electrons. The van der Waals surface area contributed by atoms with E-state index in [1.165, 1.54) is 6.42 Å². The van der Waals surface area contributed by atoms with Gasteiger partial charge in [-0.3, -0.25) is 0 Å². The topological polar surface area (TPSA) is 49.3 Å². The third-order valence-corrected chi connectivity index (χ3v) is 3.61. The smallest absolute Gasteiger partial charge is 0.335 e. The predicted octanol–water partition coefficient (Wildman–Crippen LogP) is 2.52. The Morgan fingerprint density at radius 3 is 2.82 bits per heavy atom. The summed E-state index contributed by atoms with van der Waals surface area (Å²) in [5.41, 5.74) is 1.88. The largest absolute Gasteiger partial charge is 0.478 e. The average Bonchev–Trinajstić information content (AvgIpc) is 2.87. The molecule has 0 saturated heterocycles. The van der Waals surface area contributed by atoms with E-state index >= 15 is 0 Å². The lowest BCUT2D eigenvalue weighted by atomic mass is 10.1. The molecule has 1 saturated carbocycles. The molecule has 0 spiro atoms. The van der Waals surface area contributed by atoms with E-state index in [2.05, 4.69) is 19.2 Å². The zero-order valence-electron chi connectivity index (χ0n) is 10.4. The van der Waals surface area contributed by atoms with Crippen LogP contribution in [0.5, 0.6) is 0 Å². The molecule has 1 atom stereocenters. The third-order valence-electron chi connectivity index (χ3n) is 3.61. The quantitative estimate of drug-likeness (QED) is 0.821. The molecule has 0 aromatic heterocycles. The Balaban J connectivity index is 1.83. The Hall–Kier alpha value is -1.35. The highest BCUT2D eigenvalue weighted by atomic mass is 16.4. The zero-order valence-corrected chi connectivity index (χ0v) is 10.4. The van der Waals surface area contributed by atoms with Gasteiger partial charge >= 0.3 is 5.97 Å². The molecule has 0 radical (unpaired) electrons. The molecule has 1 aliphatic rings. The van der Waals surface area contributed by atoms with Crippen LogP contribution in [0.25, 0.3) is 0 Å². The van der Waals surface area contributed by atoms with Crippen molar-refractivity contribution < 1.29 is 9.90 Å². The molecule has 0 aliphatic heterocycles. The van der Waals surface area contributed by atoms with Crippen molar-refractivity contribution in [2.75, 3.05) is 6.54 Å². The molecule has 1 aromatic carbocycles. The predicted molar refractivity (Wildman–Crippen MR) is 67.0 cm³/mol. The van der Waals surface area contributed by atoms with Gasteiger partial charge in [0.25, 0.3) is 0 Å². The maximum absolute atomic E-state index is 10.8. The van der Waals surface area contributed by atoms with Crippen LogP contribution in [-0.2, 0) is 6.54 Å². The van der Waals surface area contributed by atoms with Crippen molar-refractivity contribution in [2.45, 2.75) is 26.8 Å². The lowest BCUT2D eigenvalue weighted by molar-refractivity contribution is 0.0696. The zero-order chi connectivity index (χ0) is 12.5. The molecule has 2 N–H and O–H groups in total. The van der Waals surface area contributed by atoms with E-state index in [1.54, 1.807) is 18.2 Å². The molecule has 0 bridgehead atoms. The lowest BCUT2D eigenvalue weighted by Gasteiger charge is -2.07. The van der Waals surface area contributed by atoms with E-state index in [0.717, 1.165) is 24.6 Å². The summed E-state index contributed by atoms with van der Waals surface area (Å²) >= 11 is 0. The SMILES string of the molecule is CC1(C)CC1CNCc1cccc(C(=O)O)c1. The normalized spacial score (nSPS) is 21.2. The molecule has 1 fully saturated rings. The number of carboxylic acid groups (broad SMARTS) is 1. The van der Waals surface area contributed by atoms with Crippen LogP contribution < -0.4 is 5.32 Å². The van der Waals surface area contributed by atoms with Crippen LogP contribution in [-0.4, -0.2) is 17.6 Å². The number of benzene rings is 1. The van der Waals surface area contributed by atoms with Gasteiger partial charge in [0.1, 0.15) is 0 Å². The van der Waals surface area contributed by atoms with Crippen LogP contribution in [0.15, 0.2) is 24.3 Å². The summed E-state index contributed by atoms with van der Waals surface area (Å²) in [5.74, 6) is -0.0969. The van der Waals surface area contributed by atoms with Gasteiger partial charge in [-0.25, -0.2) is 4.79 Å². The first-order valence-electron chi connectivity index (χ1n) is 6.02. The number of nitrogens with one attached hydrogen (secondary N) is 1. The minimum atomic E-state index is -0.866. The van der Waals surface area contributed by atoms with Gasteiger partial charge < -0.3 is 10.4 Å². The first kappa shape index (κ1) is 12.1. The Morgan fingerprint density at radius 2 is 2.24 bits per heavy atom. The summed E-state index contributed by atoms with van der Waals surface area (Å²) in [6, 6.07) is 7.10. The summed E-state index contributed by atoms with van der Waals surface area (Å²) < 4.78 is 0. The lowest BCUT2D eigenvalue weighted by Crippen LogP contribution is -2.18. The second-order valence-electron chi connectivity index (χ2n) is 5.53. The number of hydrogen-bond acceptors (Lipinski definition) is 2. The summed E-state index contributed by atoms with van der Waals surface area (Å²) in [4.78, 5) is 10.8. The van der Waals surface area contributed by atoms with E-state index in [-0.39, 0.29) is 0 Å². The van der Waals surface area contributed by atoms with Crippen LogP contribution in [0, 0.1) is 11.3 Å². The maximum atomic E-state index is 10.8. The van der Waals surface area contributed by atoms with Crippen molar-refractivity contribution in [3.63, 3.8) is 0 Å². The number of carboxylic acids is 1. The Kier molecular flexibility index (Phi) is 3.20. The summed E-state index contributed by atoms with van der Waals surface area (Å²) in [6.45, 7) is 6.33. The van der Waals surface area contributed by atoms with Crippen LogP contribution in [0.2, 0.25) is 0 Å². The highest BCUT2D eigenvalue weighted by Crippen LogP contribution is 2.50. The molecule has 0 amide bonds. The number of hydrogen-bond donors (Lipinski definition) is 2. The van der Waals surface area contributed by atoms with Gasteiger partial charge in [0.15, 0.2) is 0 Å². The number of rotatable bonds is 5. The fourth-order valence-corrected chi connectivity index (χ4v) is 2.13. The van der Waals surface area contributed by atoms with Gasteiger partial charge in [-0.15, -0.1) is 0 Å². The van der Waals surface area contributed by atoms with Gasteiger partial charge in [0, 0.05) is 6.54 Å². The monoisotopic (exact) mass is 233 g/mol. The van der Waals surface area contributed by atoms with Crippen molar-refractivity contribution in [1.29, 1.82) is 0 Å². The third kappa shape index (κ3) is 3.07. The summed E-state index contributed by atoms with van der Waals surface area (Å²) in [7, 11) is 0. The van der Waals surface area contributed by atoms with Gasteiger partial charge in [-0.1, -0.05) is 26.0 Å². The van der Waals surface area contributed by atoms with Gasteiger partial charge in [0.05, 0.1) is 5.56 Å². The fraction of sp³-hybridized carbons (Fsp3) is 0.500. The van der Waals surface area contributed by atoms with Crippen LogP contribution in [0.4, 0.5) is 0 Å². The summed E-state index contributed by atoms with van der Waals surface area (Å²) in [6.07, 6.45) is 1.29. The molecule has 1 aliphatic carbocycles. The van der Waals surface area contributed by atoms with Crippen LogP contribution in [0.1, 0.15) is 36.2 Å². The second-order valence-corrected chi connectivity index (χ2v) is 5.53. The number of carbonyl (C=O) groups is 1. The first-order valence-corrected chi connectivity index (χ1v) is 6.02. The van der Waals surface area contributed by atoms with Gasteiger partial charge in [-0.2, -0.15) is 0 Å². The molecular weight excluding hydrogens is 214 g/mol. The van der Waals surface area contributed by atoms with E-state index in [4.69, 9.17) is 5.11 Å². The Bertz CT molecular complexity index is 426. The van der Waals surface area contributed by atoms with E-state index in [0.29, 0.717) is 11.0 Å². The maximum Gasteiger partial charge on any atom is 0.335 e. The van der Waals surface area contributed by atoms with E-state index < -0.39 is 5.97 Å². The van der Waals surface area contributed by atoms with Gasteiger partial charge in [-0.05, 0) is 42.0 Å². The average molecular weight is 233 g/mol. The van der Waals surface area contributed by atoms with Crippen molar-refractivity contribution in [3.8, 4) is 0 Å². The molecule has 0 heterocycles. The molecule has 1 aromatic rings. The molecule has 3 nitrogen and oxygen atoms in total. The molecule has 3 heteroatoms. The van der Waals surface area contributed by atoms with Gasteiger partial charge in [0.2, 0.25) is 0 Å². The van der Waals surface area contributed by atoms with Crippen molar-refractivity contribution in [1.82, 2.24) is 5.32 Å². The van der Waals surface area contributed by atoms with Crippen molar-refractivity contribution in [3.05, 3.63) is 35.4 Å². The van der Waals surface area contributed by atoms with E-state index in [1.807, 2.05) is 6.07 Å². The Labute approximate surface area is 102 Å².